The van der Waals surface area contributed by atoms with Gasteiger partial charge in [0.15, 0.2) is 0 Å². The lowest BCUT2D eigenvalue weighted by atomic mass is 9.96. The lowest BCUT2D eigenvalue weighted by Gasteiger charge is -2.24. The molecule has 3 N–H and O–H groups in total. The standard InChI is InChI=1S/C18H28N4O2/c1-4-19-18(24)22-11-10-15(12-22)20-17(23)21-16(13(2)3)14-8-6-5-7-9-14/h5-9,13,15-16H,4,10-12H2,1-3H3,(H,19,24)(H2,20,21,23)/t15-,16-/m1/s1. The van der Waals surface area contributed by atoms with Crippen molar-refractivity contribution in [2.75, 3.05) is 19.6 Å². The molecule has 0 aliphatic carbocycles. The van der Waals surface area contributed by atoms with Gasteiger partial charge in [0.05, 0.1) is 6.04 Å². The zero-order chi connectivity index (χ0) is 17.5. The van der Waals surface area contributed by atoms with Crippen molar-refractivity contribution < 1.29 is 9.59 Å². The molecule has 6 nitrogen and oxygen atoms in total. The Bertz CT molecular complexity index is 547. The third kappa shape index (κ3) is 4.88. The number of nitrogens with one attached hydrogen (secondary N) is 3. The molecule has 4 amide bonds. The van der Waals surface area contributed by atoms with Crippen molar-refractivity contribution in [3.05, 3.63) is 35.9 Å². The molecular weight excluding hydrogens is 304 g/mol. The lowest BCUT2D eigenvalue weighted by Crippen LogP contribution is -2.46. The van der Waals surface area contributed by atoms with E-state index >= 15 is 0 Å². The van der Waals surface area contributed by atoms with Crippen LogP contribution in [0.25, 0.3) is 0 Å². The summed E-state index contributed by atoms with van der Waals surface area (Å²) in [4.78, 5) is 25.9. The Balaban J connectivity index is 1.87. The van der Waals surface area contributed by atoms with E-state index in [1.54, 1.807) is 4.90 Å². The van der Waals surface area contributed by atoms with Crippen molar-refractivity contribution in [2.24, 2.45) is 5.92 Å². The summed E-state index contributed by atoms with van der Waals surface area (Å²) in [5.74, 6) is 0.286. The minimum Gasteiger partial charge on any atom is -0.338 e. The van der Waals surface area contributed by atoms with Gasteiger partial charge in [0.2, 0.25) is 0 Å². The number of hydrogen-bond donors (Lipinski definition) is 3. The van der Waals surface area contributed by atoms with E-state index in [1.807, 2.05) is 37.3 Å². The fraction of sp³-hybridized carbons (Fsp3) is 0.556. The normalized spacial score (nSPS) is 18.3. The maximum absolute atomic E-state index is 12.3. The molecular formula is C18H28N4O2. The van der Waals surface area contributed by atoms with E-state index in [0.717, 1.165) is 12.0 Å². The highest BCUT2D eigenvalue weighted by Gasteiger charge is 2.28. The number of hydrogen-bond acceptors (Lipinski definition) is 2. The lowest BCUT2D eigenvalue weighted by molar-refractivity contribution is 0.207. The molecule has 1 aliphatic heterocycles. The number of benzene rings is 1. The molecule has 0 radical (unpaired) electrons. The molecule has 132 valence electrons. The second-order valence-electron chi connectivity index (χ2n) is 6.52. The summed E-state index contributed by atoms with van der Waals surface area (Å²) in [6, 6.07) is 9.69. The topological polar surface area (TPSA) is 73.5 Å². The van der Waals surface area contributed by atoms with Gasteiger partial charge in [0, 0.05) is 25.7 Å². The van der Waals surface area contributed by atoms with Crippen molar-refractivity contribution in [2.45, 2.75) is 39.3 Å². The van der Waals surface area contributed by atoms with E-state index in [9.17, 15) is 9.59 Å². The molecule has 0 unspecified atom stereocenters. The van der Waals surface area contributed by atoms with Crippen LogP contribution in [0.5, 0.6) is 0 Å². The molecule has 1 aromatic carbocycles. The maximum atomic E-state index is 12.3. The van der Waals surface area contributed by atoms with Crippen LogP contribution >= 0.6 is 0 Å². The summed E-state index contributed by atoms with van der Waals surface area (Å²) in [7, 11) is 0. The predicted molar refractivity (Wildman–Crippen MR) is 94.7 cm³/mol. The van der Waals surface area contributed by atoms with Gasteiger partial charge in [0.25, 0.3) is 0 Å². The third-order valence-corrected chi connectivity index (χ3v) is 4.25. The molecule has 0 spiro atoms. The minimum absolute atomic E-state index is 0.00353. The molecule has 2 rings (SSSR count). The highest BCUT2D eigenvalue weighted by Crippen LogP contribution is 2.21. The summed E-state index contributed by atoms with van der Waals surface area (Å²) < 4.78 is 0. The van der Waals surface area contributed by atoms with Gasteiger partial charge >= 0.3 is 12.1 Å². The van der Waals surface area contributed by atoms with Gasteiger partial charge < -0.3 is 20.9 Å². The summed E-state index contributed by atoms with van der Waals surface area (Å²) in [5.41, 5.74) is 1.10. The number of carbonyl (C=O) groups excluding carboxylic acids is 2. The van der Waals surface area contributed by atoms with Crippen molar-refractivity contribution in [3.63, 3.8) is 0 Å². The number of likely N-dealkylation sites (tertiary alicyclic amines) is 1. The molecule has 0 aromatic heterocycles. The summed E-state index contributed by atoms with van der Waals surface area (Å²) >= 11 is 0. The molecule has 1 aromatic rings. The summed E-state index contributed by atoms with van der Waals surface area (Å²) in [6.45, 7) is 7.91. The van der Waals surface area contributed by atoms with E-state index in [1.165, 1.54) is 0 Å². The fourth-order valence-corrected chi connectivity index (χ4v) is 2.99. The molecule has 1 fully saturated rings. The van der Waals surface area contributed by atoms with Gasteiger partial charge in [-0.05, 0) is 24.8 Å². The number of amides is 4. The smallest absolute Gasteiger partial charge is 0.317 e. The van der Waals surface area contributed by atoms with Crippen LogP contribution in [-0.4, -0.2) is 42.6 Å². The van der Waals surface area contributed by atoms with Crippen LogP contribution in [0.2, 0.25) is 0 Å². The minimum atomic E-state index is -0.180. The SMILES string of the molecule is CCNC(=O)N1CC[C@@H](NC(=O)N[C@@H](c2ccccc2)C(C)C)C1. The molecule has 1 heterocycles. The molecule has 2 atom stereocenters. The molecule has 0 saturated carbocycles. The number of rotatable bonds is 5. The molecule has 0 bridgehead atoms. The Morgan fingerprint density at radius 2 is 1.96 bits per heavy atom. The Hall–Kier alpha value is -2.24. The predicted octanol–water partition coefficient (Wildman–Crippen LogP) is 2.49. The summed E-state index contributed by atoms with van der Waals surface area (Å²) in [5, 5.41) is 8.84. The van der Waals surface area contributed by atoms with Crippen LogP contribution in [0.3, 0.4) is 0 Å². The Kier molecular flexibility index (Phi) is 6.46. The Labute approximate surface area is 144 Å². The number of urea groups is 2. The third-order valence-electron chi connectivity index (χ3n) is 4.25. The van der Waals surface area contributed by atoms with Crippen LogP contribution in [-0.2, 0) is 0 Å². The highest BCUT2D eigenvalue weighted by molar-refractivity contribution is 5.76. The van der Waals surface area contributed by atoms with E-state index in [2.05, 4.69) is 29.8 Å². The first-order valence-electron chi connectivity index (χ1n) is 8.66. The quantitative estimate of drug-likeness (QED) is 0.775. The van der Waals surface area contributed by atoms with Gasteiger partial charge in [-0.1, -0.05) is 44.2 Å². The Morgan fingerprint density at radius 1 is 1.25 bits per heavy atom. The maximum Gasteiger partial charge on any atom is 0.317 e. The van der Waals surface area contributed by atoms with E-state index in [4.69, 9.17) is 0 Å². The zero-order valence-electron chi connectivity index (χ0n) is 14.7. The van der Waals surface area contributed by atoms with Crippen LogP contribution in [0, 0.1) is 5.92 Å². The van der Waals surface area contributed by atoms with Crippen molar-refractivity contribution in [3.8, 4) is 0 Å². The Morgan fingerprint density at radius 3 is 2.58 bits per heavy atom. The van der Waals surface area contributed by atoms with Crippen LogP contribution in [0.4, 0.5) is 9.59 Å². The first kappa shape index (κ1) is 18.1. The largest absolute Gasteiger partial charge is 0.338 e. The van der Waals surface area contributed by atoms with Crippen molar-refractivity contribution in [1.29, 1.82) is 0 Å². The molecule has 1 saturated heterocycles. The number of carbonyl (C=O) groups is 2. The van der Waals surface area contributed by atoms with Crippen LogP contribution in [0.15, 0.2) is 30.3 Å². The van der Waals surface area contributed by atoms with Gasteiger partial charge in [0.1, 0.15) is 0 Å². The van der Waals surface area contributed by atoms with E-state index < -0.39 is 0 Å². The van der Waals surface area contributed by atoms with Gasteiger partial charge in [-0.2, -0.15) is 0 Å². The van der Waals surface area contributed by atoms with Gasteiger partial charge in [-0.15, -0.1) is 0 Å². The second kappa shape index (κ2) is 8.57. The highest BCUT2D eigenvalue weighted by atomic mass is 16.2. The van der Waals surface area contributed by atoms with Crippen LogP contribution < -0.4 is 16.0 Å². The first-order chi connectivity index (χ1) is 11.5. The van der Waals surface area contributed by atoms with Gasteiger partial charge in [-0.3, -0.25) is 0 Å². The van der Waals surface area contributed by atoms with E-state index in [0.29, 0.717) is 19.6 Å². The fourth-order valence-electron chi connectivity index (χ4n) is 2.99. The van der Waals surface area contributed by atoms with E-state index in [-0.39, 0.29) is 30.1 Å². The van der Waals surface area contributed by atoms with Crippen LogP contribution in [0.1, 0.15) is 38.8 Å². The molecule has 24 heavy (non-hydrogen) atoms. The summed E-state index contributed by atoms with van der Waals surface area (Å²) in [6.07, 6.45) is 0.780. The molecule has 1 aliphatic rings. The average molecular weight is 332 g/mol. The molecule has 6 heteroatoms. The average Bonchev–Trinajstić information content (AvgIpc) is 3.02. The number of nitrogens with zero attached hydrogens (tertiary/aromatic N) is 1. The van der Waals surface area contributed by atoms with Gasteiger partial charge in [-0.25, -0.2) is 9.59 Å². The van der Waals surface area contributed by atoms with Crippen molar-refractivity contribution >= 4 is 12.1 Å². The zero-order valence-corrected chi connectivity index (χ0v) is 14.7. The second-order valence-corrected chi connectivity index (χ2v) is 6.52. The first-order valence-corrected chi connectivity index (χ1v) is 8.66. The monoisotopic (exact) mass is 332 g/mol. The van der Waals surface area contributed by atoms with Crippen molar-refractivity contribution in [1.82, 2.24) is 20.9 Å².